The van der Waals surface area contributed by atoms with Crippen molar-refractivity contribution in [3.63, 3.8) is 0 Å². The first-order valence-corrected chi connectivity index (χ1v) is 6.23. The molecule has 0 fully saturated rings. The van der Waals surface area contributed by atoms with Gasteiger partial charge in [-0.3, -0.25) is 0 Å². The number of allylic oxidation sites excluding steroid dienone is 1. The number of urea groups is 1. The number of rotatable bonds is 3. The van der Waals surface area contributed by atoms with Crippen molar-refractivity contribution in [3.8, 4) is 0 Å². The number of carbonyl (C=O) groups excluding carboxylic acids is 1. The van der Waals surface area contributed by atoms with Gasteiger partial charge in [0, 0.05) is 11.9 Å². The van der Waals surface area contributed by atoms with E-state index in [2.05, 4.69) is 34.4 Å². The van der Waals surface area contributed by atoms with E-state index in [1.807, 2.05) is 25.1 Å². The highest BCUT2D eigenvalue weighted by atomic mass is 16.2. The Morgan fingerprint density at radius 2 is 2.21 bits per heavy atom. The fourth-order valence-electron chi connectivity index (χ4n) is 1.53. The van der Waals surface area contributed by atoms with Crippen LogP contribution in [0.2, 0.25) is 0 Å². The summed E-state index contributed by atoms with van der Waals surface area (Å²) in [6.45, 7) is 6.15. The van der Waals surface area contributed by atoms with Crippen molar-refractivity contribution in [3.05, 3.63) is 36.3 Å². The van der Waals surface area contributed by atoms with Crippen molar-refractivity contribution in [1.29, 1.82) is 0 Å². The maximum absolute atomic E-state index is 11.7. The van der Waals surface area contributed by atoms with E-state index in [4.69, 9.17) is 0 Å². The topological polar surface area (TPSA) is 69.8 Å². The number of imidazole rings is 1. The average Bonchev–Trinajstić information content (AvgIpc) is 2.83. The summed E-state index contributed by atoms with van der Waals surface area (Å²) < 4.78 is 0. The molecule has 5 nitrogen and oxygen atoms in total. The van der Waals surface area contributed by atoms with Crippen molar-refractivity contribution in [2.75, 3.05) is 5.32 Å². The molecule has 0 aliphatic carbocycles. The predicted octanol–water partition coefficient (Wildman–Crippen LogP) is 3.24. The molecule has 0 aliphatic rings. The number of hydrogen-bond acceptors (Lipinski definition) is 2. The number of anilines is 1. The molecule has 2 amide bonds. The summed E-state index contributed by atoms with van der Waals surface area (Å²) >= 11 is 0. The van der Waals surface area contributed by atoms with Gasteiger partial charge in [0.05, 0.1) is 17.4 Å². The van der Waals surface area contributed by atoms with Crippen molar-refractivity contribution in [2.45, 2.75) is 20.8 Å². The quantitative estimate of drug-likeness (QED) is 0.791. The molecule has 0 saturated carbocycles. The van der Waals surface area contributed by atoms with E-state index < -0.39 is 0 Å². The lowest BCUT2D eigenvalue weighted by atomic mass is 10.1. The third-order valence-electron chi connectivity index (χ3n) is 3.02. The number of benzene rings is 1. The van der Waals surface area contributed by atoms with Crippen LogP contribution in [0.3, 0.4) is 0 Å². The molecule has 0 atom stereocenters. The summed E-state index contributed by atoms with van der Waals surface area (Å²) in [5.74, 6) is 0.418. The summed E-state index contributed by atoms with van der Waals surface area (Å²) in [4.78, 5) is 18.8. The van der Waals surface area contributed by atoms with E-state index in [1.54, 1.807) is 12.5 Å². The smallest absolute Gasteiger partial charge is 0.323 e. The van der Waals surface area contributed by atoms with Crippen molar-refractivity contribution in [1.82, 2.24) is 15.3 Å². The van der Waals surface area contributed by atoms with E-state index in [1.165, 1.54) is 0 Å². The molecule has 1 heterocycles. The van der Waals surface area contributed by atoms with Gasteiger partial charge in [0.25, 0.3) is 0 Å². The third kappa shape index (κ3) is 3.34. The zero-order valence-electron chi connectivity index (χ0n) is 11.3. The molecule has 0 spiro atoms. The van der Waals surface area contributed by atoms with Gasteiger partial charge in [0.1, 0.15) is 0 Å². The van der Waals surface area contributed by atoms with Crippen LogP contribution >= 0.6 is 0 Å². The van der Waals surface area contributed by atoms with Gasteiger partial charge in [0.15, 0.2) is 0 Å². The maximum atomic E-state index is 11.7. The van der Waals surface area contributed by atoms with Crippen LogP contribution in [-0.2, 0) is 0 Å². The Hall–Kier alpha value is -2.30. The molecule has 1 aromatic carbocycles. The Labute approximate surface area is 112 Å². The molecule has 100 valence electrons. The molecule has 0 radical (unpaired) electrons. The molecule has 3 N–H and O–H groups in total. The minimum Gasteiger partial charge on any atom is -0.345 e. The lowest BCUT2D eigenvalue weighted by Gasteiger charge is -2.07. The van der Waals surface area contributed by atoms with Crippen LogP contribution in [0.15, 0.2) is 36.3 Å². The van der Waals surface area contributed by atoms with E-state index >= 15 is 0 Å². The standard InChI is InChI=1S/C14H18N4O/c1-9(2)10(3)7-15-14(19)18-11-4-5-12-13(6-11)17-8-16-12/h4-9H,1-3H3,(H,16,17)(H2,15,18,19)/b10-7+. The molecule has 0 saturated heterocycles. The van der Waals surface area contributed by atoms with Gasteiger partial charge in [-0.15, -0.1) is 0 Å². The second-order valence-electron chi connectivity index (χ2n) is 4.78. The summed E-state index contributed by atoms with van der Waals surface area (Å²) in [6.07, 6.45) is 3.36. The number of H-pyrrole nitrogens is 1. The van der Waals surface area contributed by atoms with Crippen LogP contribution in [0.1, 0.15) is 20.8 Å². The van der Waals surface area contributed by atoms with E-state index in [0.29, 0.717) is 5.92 Å². The number of aromatic nitrogens is 2. The van der Waals surface area contributed by atoms with Gasteiger partial charge < -0.3 is 15.6 Å². The predicted molar refractivity (Wildman–Crippen MR) is 76.8 cm³/mol. The third-order valence-corrected chi connectivity index (χ3v) is 3.02. The van der Waals surface area contributed by atoms with Gasteiger partial charge >= 0.3 is 6.03 Å². The summed E-state index contributed by atoms with van der Waals surface area (Å²) in [6, 6.07) is 5.28. The fraction of sp³-hybridized carbons (Fsp3) is 0.286. The Kier molecular flexibility index (Phi) is 3.85. The molecule has 5 heteroatoms. The molecule has 19 heavy (non-hydrogen) atoms. The lowest BCUT2D eigenvalue weighted by molar-refractivity contribution is 0.255. The molecule has 1 aromatic heterocycles. The van der Waals surface area contributed by atoms with Gasteiger partial charge in [-0.25, -0.2) is 9.78 Å². The van der Waals surface area contributed by atoms with E-state index in [0.717, 1.165) is 22.3 Å². The number of aromatic amines is 1. The molecule has 2 aromatic rings. The SMILES string of the molecule is C/C(=C\NC(=O)Nc1ccc2nc[nH]c2c1)C(C)C. The van der Waals surface area contributed by atoms with Crippen molar-refractivity contribution in [2.24, 2.45) is 5.92 Å². The Morgan fingerprint density at radius 3 is 2.95 bits per heavy atom. The maximum Gasteiger partial charge on any atom is 0.323 e. The molecular formula is C14H18N4O. The first-order valence-electron chi connectivity index (χ1n) is 6.23. The van der Waals surface area contributed by atoms with Crippen molar-refractivity contribution < 1.29 is 4.79 Å². The van der Waals surface area contributed by atoms with Gasteiger partial charge in [-0.1, -0.05) is 19.4 Å². The number of nitrogens with zero attached hydrogens (tertiary/aromatic N) is 1. The van der Waals surface area contributed by atoms with E-state index in [9.17, 15) is 4.79 Å². The Morgan fingerprint density at radius 1 is 1.42 bits per heavy atom. The normalized spacial score (nSPS) is 11.9. The zero-order chi connectivity index (χ0) is 13.8. The van der Waals surface area contributed by atoms with Gasteiger partial charge in [-0.05, 0) is 31.0 Å². The highest BCUT2D eigenvalue weighted by molar-refractivity contribution is 5.92. The monoisotopic (exact) mass is 258 g/mol. The number of nitrogens with one attached hydrogen (secondary N) is 3. The largest absolute Gasteiger partial charge is 0.345 e. The number of carbonyl (C=O) groups is 1. The minimum absolute atomic E-state index is 0.251. The number of amides is 2. The molecule has 0 unspecified atom stereocenters. The highest BCUT2D eigenvalue weighted by Crippen LogP contribution is 2.15. The van der Waals surface area contributed by atoms with Crippen LogP contribution in [-0.4, -0.2) is 16.0 Å². The second kappa shape index (κ2) is 5.56. The second-order valence-corrected chi connectivity index (χ2v) is 4.78. The van der Waals surface area contributed by atoms with Gasteiger partial charge in [0.2, 0.25) is 0 Å². The van der Waals surface area contributed by atoms with Crippen LogP contribution < -0.4 is 10.6 Å². The zero-order valence-corrected chi connectivity index (χ0v) is 11.3. The van der Waals surface area contributed by atoms with Crippen LogP contribution in [0.25, 0.3) is 11.0 Å². The minimum atomic E-state index is -0.251. The summed E-state index contributed by atoms with van der Waals surface area (Å²) in [5.41, 5.74) is 3.62. The molecule has 2 rings (SSSR count). The average molecular weight is 258 g/mol. The lowest BCUT2D eigenvalue weighted by Crippen LogP contribution is -2.24. The number of fused-ring (bicyclic) bond motifs is 1. The first kappa shape index (κ1) is 13.1. The van der Waals surface area contributed by atoms with Crippen LogP contribution in [0.5, 0.6) is 0 Å². The Balaban J connectivity index is 2.00. The summed E-state index contributed by atoms with van der Waals surface area (Å²) in [7, 11) is 0. The van der Waals surface area contributed by atoms with Crippen LogP contribution in [0, 0.1) is 5.92 Å². The summed E-state index contributed by atoms with van der Waals surface area (Å²) in [5, 5.41) is 5.49. The molecular weight excluding hydrogens is 240 g/mol. The fourth-order valence-corrected chi connectivity index (χ4v) is 1.53. The highest BCUT2D eigenvalue weighted by Gasteiger charge is 2.03. The van der Waals surface area contributed by atoms with E-state index in [-0.39, 0.29) is 6.03 Å². The van der Waals surface area contributed by atoms with Gasteiger partial charge in [-0.2, -0.15) is 0 Å². The van der Waals surface area contributed by atoms with Crippen LogP contribution in [0.4, 0.5) is 10.5 Å². The Bertz CT molecular complexity index is 613. The number of hydrogen-bond donors (Lipinski definition) is 3. The van der Waals surface area contributed by atoms with Crippen molar-refractivity contribution >= 4 is 22.8 Å². The first-order chi connectivity index (χ1) is 9.06. The molecule has 0 aliphatic heterocycles. The molecule has 0 bridgehead atoms.